The Kier molecular flexibility index (Phi) is 2.86. The van der Waals surface area contributed by atoms with Crippen molar-refractivity contribution in [1.29, 1.82) is 0 Å². The third kappa shape index (κ3) is 2.40. The van der Waals surface area contributed by atoms with E-state index in [1.54, 1.807) is 12.3 Å². The molecule has 7 heteroatoms. The monoisotopic (exact) mass is 260 g/mol. The quantitative estimate of drug-likeness (QED) is 0.767. The molecule has 3 aromatic heterocycles. The van der Waals surface area contributed by atoms with E-state index >= 15 is 0 Å². The molecule has 0 spiro atoms. The normalized spacial score (nSPS) is 11.1. The van der Waals surface area contributed by atoms with Gasteiger partial charge in [0.25, 0.3) is 0 Å². The number of aromatic nitrogens is 5. The lowest BCUT2D eigenvalue weighted by atomic mass is 10.4. The van der Waals surface area contributed by atoms with Crippen LogP contribution in [0.2, 0.25) is 0 Å². The maximum absolute atomic E-state index is 13.0. The Morgan fingerprint density at radius 3 is 3.05 bits per heavy atom. The molecular weight excluding hydrogens is 247 g/mol. The van der Waals surface area contributed by atoms with Crippen molar-refractivity contribution in [2.75, 3.05) is 11.9 Å². The van der Waals surface area contributed by atoms with Crippen LogP contribution in [0.3, 0.4) is 0 Å². The van der Waals surface area contributed by atoms with Crippen molar-refractivity contribution in [3.63, 3.8) is 0 Å². The van der Waals surface area contributed by atoms with E-state index in [0.29, 0.717) is 18.1 Å². The number of rotatable bonds is 4. The number of anilines is 1. The molecule has 0 unspecified atom stereocenters. The zero-order valence-corrected chi connectivity index (χ0v) is 10.4. The van der Waals surface area contributed by atoms with Crippen LogP contribution in [0.25, 0.3) is 5.65 Å². The van der Waals surface area contributed by atoms with Gasteiger partial charge in [-0.3, -0.25) is 0 Å². The molecule has 0 amide bonds. The van der Waals surface area contributed by atoms with Crippen LogP contribution in [0, 0.1) is 5.82 Å². The summed E-state index contributed by atoms with van der Waals surface area (Å²) < 4.78 is 16.4. The van der Waals surface area contributed by atoms with E-state index in [1.807, 2.05) is 17.8 Å². The fraction of sp³-hybridized carbons (Fsp3) is 0.250. The fourth-order valence-corrected chi connectivity index (χ4v) is 1.86. The van der Waals surface area contributed by atoms with Gasteiger partial charge in [0, 0.05) is 32.4 Å². The number of fused-ring (bicyclic) bond motifs is 1. The lowest BCUT2D eigenvalue weighted by Crippen LogP contribution is -2.09. The maximum atomic E-state index is 13.0. The summed E-state index contributed by atoms with van der Waals surface area (Å²) in [5.41, 5.74) is 0.612. The van der Waals surface area contributed by atoms with Crippen LogP contribution in [-0.4, -0.2) is 30.7 Å². The molecule has 0 aliphatic heterocycles. The highest BCUT2D eigenvalue weighted by molar-refractivity contribution is 5.43. The van der Waals surface area contributed by atoms with Crippen molar-refractivity contribution in [2.45, 2.75) is 6.42 Å². The molecule has 0 radical (unpaired) electrons. The van der Waals surface area contributed by atoms with Crippen LogP contribution in [0.15, 0.2) is 30.7 Å². The first kappa shape index (κ1) is 11.6. The van der Waals surface area contributed by atoms with E-state index in [-0.39, 0.29) is 5.82 Å². The Morgan fingerprint density at radius 2 is 2.26 bits per heavy atom. The Hall–Kier alpha value is -2.44. The molecule has 0 saturated carbocycles. The SMILES string of the molecule is Cn1ccnc1CCNc1nc2ccc(F)cn2n1. The van der Waals surface area contributed by atoms with Gasteiger partial charge in [-0.05, 0) is 12.1 Å². The van der Waals surface area contributed by atoms with E-state index in [0.717, 1.165) is 12.2 Å². The molecule has 0 saturated heterocycles. The fourth-order valence-electron chi connectivity index (χ4n) is 1.86. The van der Waals surface area contributed by atoms with E-state index in [1.165, 1.54) is 16.8 Å². The summed E-state index contributed by atoms with van der Waals surface area (Å²) in [6.45, 7) is 0.671. The average Bonchev–Trinajstić information content (AvgIpc) is 2.95. The second kappa shape index (κ2) is 4.68. The molecule has 3 aromatic rings. The van der Waals surface area contributed by atoms with Crippen molar-refractivity contribution in [3.8, 4) is 0 Å². The minimum absolute atomic E-state index is 0.336. The largest absolute Gasteiger partial charge is 0.352 e. The van der Waals surface area contributed by atoms with Gasteiger partial charge in [-0.1, -0.05) is 0 Å². The third-order valence-electron chi connectivity index (χ3n) is 2.85. The zero-order chi connectivity index (χ0) is 13.2. The van der Waals surface area contributed by atoms with Crippen molar-refractivity contribution in [1.82, 2.24) is 24.1 Å². The number of halogens is 1. The van der Waals surface area contributed by atoms with Crippen molar-refractivity contribution in [2.24, 2.45) is 7.05 Å². The number of aryl methyl sites for hydroxylation is 1. The standard InChI is InChI=1S/C12H13FN6/c1-18-7-6-14-10(18)4-5-15-12-16-11-3-2-9(13)8-19(11)17-12/h2-3,6-8H,4-5H2,1H3,(H,15,17). The summed E-state index contributed by atoms with van der Waals surface area (Å²) in [4.78, 5) is 8.47. The highest BCUT2D eigenvalue weighted by atomic mass is 19.1. The van der Waals surface area contributed by atoms with E-state index in [4.69, 9.17) is 0 Å². The first-order valence-electron chi connectivity index (χ1n) is 5.94. The van der Waals surface area contributed by atoms with Gasteiger partial charge in [0.05, 0.1) is 6.20 Å². The van der Waals surface area contributed by atoms with Gasteiger partial charge >= 0.3 is 0 Å². The Morgan fingerprint density at radius 1 is 1.37 bits per heavy atom. The number of hydrogen-bond acceptors (Lipinski definition) is 4. The highest BCUT2D eigenvalue weighted by Gasteiger charge is 2.04. The second-order valence-electron chi connectivity index (χ2n) is 4.22. The summed E-state index contributed by atoms with van der Waals surface area (Å²) in [5, 5.41) is 7.24. The molecule has 1 N–H and O–H groups in total. The van der Waals surface area contributed by atoms with Gasteiger partial charge in [-0.15, -0.1) is 5.10 Å². The molecule has 19 heavy (non-hydrogen) atoms. The van der Waals surface area contributed by atoms with Crippen molar-refractivity contribution < 1.29 is 4.39 Å². The number of imidazole rings is 1. The summed E-state index contributed by atoms with van der Waals surface area (Å²) in [7, 11) is 1.95. The molecule has 0 atom stereocenters. The topological polar surface area (TPSA) is 60.0 Å². The van der Waals surface area contributed by atoms with Gasteiger partial charge < -0.3 is 9.88 Å². The Balaban J connectivity index is 1.67. The van der Waals surface area contributed by atoms with E-state index in [9.17, 15) is 4.39 Å². The van der Waals surface area contributed by atoms with Gasteiger partial charge in [-0.2, -0.15) is 4.98 Å². The molecule has 0 fully saturated rings. The third-order valence-corrected chi connectivity index (χ3v) is 2.85. The number of pyridine rings is 1. The van der Waals surface area contributed by atoms with E-state index < -0.39 is 0 Å². The smallest absolute Gasteiger partial charge is 0.243 e. The molecule has 0 aliphatic carbocycles. The van der Waals surface area contributed by atoms with Gasteiger partial charge in [0.1, 0.15) is 11.6 Å². The molecule has 3 heterocycles. The number of nitrogens with zero attached hydrogens (tertiary/aromatic N) is 5. The van der Waals surface area contributed by atoms with Crippen LogP contribution in [0.5, 0.6) is 0 Å². The maximum Gasteiger partial charge on any atom is 0.243 e. The zero-order valence-electron chi connectivity index (χ0n) is 10.4. The van der Waals surface area contributed by atoms with Crippen LogP contribution >= 0.6 is 0 Å². The van der Waals surface area contributed by atoms with Gasteiger partial charge in [0.15, 0.2) is 5.65 Å². The van der Waals surface area contributed by atoms with Crippen LogP contribution in [-0.2, 0) is 13.5 Å². The van der Waals surface area contributed by atoms with Crippen molar-refractivity contribution in [3.05, 3.63) is 42.4 Å². The lowest BCUT2D eigenvalue weighted by Gasteiger charge is -2.01. The molecule has 0 aromatic carbocycles. The molecule has 0 bridgehead atoms. The Labute approximate surface area is 108 Å². The summed E-state index contributed by atoms with van der Waals surface area (Å²) in [5.74, 6) is 1.14. The highest BCUT2D eigenvalue weighted by Crippen LogP contribution is 2.06. The summed E-state index contributed by atoms with van der Waals surface area (Å²) in [6, 6.07) is 2.95. The van der Waals surface area contributed by atoms with Gasteiger partial charge in [0.2, 0.25) is 5.95 Å². The average molecular weight is 260 g/mol. The lowest BCUT2D eigenvalue weighted by molar-refractivity contribution is 0.615. The summed E-state index contributed by atoms with van der Waals surface area (Å²) in [6.07, 6.45) is 5.74. The predicted molar refractivity (Wildman–Crippen MR) is 68.3 cm³/mol. The number of nitrogens with one attached hydrogen (secondary N) is 1. The van der Waals surface area contributed by atoms with E-state index in [2.05, 4.69) is 20.4 Å². The molecule has 98 valence electrons. The molecule has 0 aliphatic rings. The molecular formula is C12H13FN6. The number of hydrogen-bond donors (Lipinski definition) is 1. The minimum Gasteiger partial charge on any atom is -0.352 e. The van der Waals surface area contributed by atoms with Crippen molar-refractivity contribution >= 4 is 11.6 Å². The Bertz CT molecular complexity index is 701. The molecule has 3 rings (SSSR count). The predicted octanol–water partition coefficient (Wildman–Crippen LogP) is 1.26. The van der Waals surface area contributed by atoms with Crippen LogP contribution in [0.1, 0.15) is 5.82 Å². The second-order valence-corrected chi connectivity index (χ2v) is 4.22. The molecule has 6 nitrogen and oxygen atoms in total. The minimum atomic E-state index is -0.336. The summed E-state index contributed by atoms with van der Waals surface area (Å²) >= 11 is 0. The van der Waals surface area contributed by atoms with Crippen LogP contribution in [0.4, 0.5) is 10.3 Å². The first-order chi connectivity index (χ1) is 9.22. The first-order valence-corrected chi connectivity index (χ1v) is 5.94. The van der Waals surface area contributed by atoms with Crippen LogP contribution < -0.4 is 5.32 Å². The van der Waals surface area contributed by atoms with Gasteiger partial charge in [-0.25, -0.2) is 13.9 Å².